The van der Waals surface area contributed by atoms with Gasteiger partial charge >= 0.3 is 0 Å². The summed E-state index contributed by atoms with van der Waals surface area (Å²) in [5.74, 6) is 0. The molecule has 6 aromatic rings. The van der Waals surface area contributed by atoms with Crippen molar-refractivity contribution in [2.75, 3.05) is 0 Å². The van der Waals surface area contributed by atoms with Crippen LogP contribution in [0.5, 0.6) is 0 Å². The first-order valence-electron chi connectivity index (χ1n) is 10.5. The molecule has 0 spiro atoms. The van der Waals surface area contributed by atoms with Crippen LogP contribution < -0.4 is 0 Å². The van der Waals surface area contributed by atoms with Gasteiger partial charge in [-0.1, -0.05) is 72.3 Å². The average molecular weight is 444 g/mol. The molecule has 0 fully saturated rings. The fraction of sp³-hybridized carbons (Fsp3) is 0. The van der Waals surface area contributed by atoms with Gasteiger partial charge in [-0.3, -0.25) is 0 Å². The van der Waals surface area contributed by atoms with Gasteiger partial charge in [0.2, 0.25) is 0 Å². The molecule has 0 aliphatic heterocycles. The quantitative estimate of drug-likeness (QED) is 0.248. The lowest BCUT2D eigenvalue weighted by Crippen LogP contribution is -1.86. The van der Waals surface area contributed by atoms with Crippen molar-refractivity contribution in [3.8, 4) is 39.4 Å². The van der Waals surface area contributed by atoms with E-state index in [1.807, 2.05) is 18.2 Å². The molecule has 0 N–H and O–H groups in total. The molecule has 0 radical (unpaired) electrons. The fourth-order valence-electron chi connectivity index (χ4n) is 5.20. The van der Waals surface area contributed by atoms with Crippen LogP contribution in [0.15, 0.2) is 84.9 Å². The largest absolute Gasteiger partial charge is 0.192 e. The molecule has 32 heavy (non-hydrogen) atoms. The van der Waals surface area contributed by atoms with Gasteiger partial charge in [0.1, 0.15) is 0 Å². The van der Waals surface area contributed by atoms with Gasteiger partial charge in [-0.25, -0.2) is 0 Å². The summed E-state index contributed by atoms with van der Waals surface area (Å²) in [7, 11) is 0. The van der Waals surface area contributed by atoms with Crippen LogP contribution in [-0.4, -0.2) is 0 Å². The van der Waals surface area contributed by atoms with Crippen molar-refractivity contribution in [3.05, 3.63) is 95.5 Å². The van der Waals surface area contributed by atoms with Crippen LogP contribution in [0, 0.1) is 11.3 Å². The van der Waals surface area contributed by atoms with Crippen LogP contribution in [0.3, 0.4) is 0 Å². The molecule has 1 heterocycles. The predicted octanol–water partition coefficient (Wildman–Crippen LogP) is 9.05. The summed E-state index contributed by atoms with van der Waals surface area (Å²) in [6.07, 6.45) is 0. The molecular formula is C29H14ClNS. The number of rotatable bonds is 1. The Morgan fingerprint density at radius 1 is 0.594 bits per heavy atom. The Kier molecular flexibility index (Phi) is 3.62. The predicted molar refractivity (Wildman–Crippen MR) is 136 cm³/mol. The second-order valence-electron chi connectivity index (χ2n) is 8.15. The molecule has 0 amide bonds. The third-order valence-corrected chi connectivity index (χ3v) is 7.97. The molecule has 5 aromatic carbocycles. The first-order chi connectivity index (χ1) is 15.7. The van der Waals surface area contributed by atoms with Gasteiger partial charge in [-0.2, -0.15) is 5.26 Å². The lowest BCUT2D eigenvalue weighted by atomic mass is 9.92. The van der Waals surface area contributed by atoms with Gasteiger partial charge < -0.3 is 0 Å². The zero-order valence-electron chi connectivity index (χ0n) is 16.8. The summed E-state index contributed by atoms with van der Waals surface area (Å²) in [6.45, 7) is 0. The number of benzene rings is 5. The maximum Gasteiger partial charge on any atom is 0.0992 e. The average Bonchev–Trinajstić information content (AvgIpc) is 3.37. The van der Waals surface area contributed by atoms with E-state index >= 15 is 0 Å². The first kappa shape index (κ1) is 18.0. The molecule has 0 unspecified atom stereocenters. The standard InChI is InChI=1S/C29H14ClNS/c30-24-13-12-21-18-5-2-1-4-17(18)20-10-11-22(29(24)28(20)21)19-6-3-7-25-27(19)23-9-8-16(15-31)14-26(23)32-25/h1-14H. The molecule has 0 saturated carbocycles. The lowest BCUT2D eigenvalue weighted by Gasteiger charge is -2.13. The Morgan fingerprint density at radius 3 is 2.00 bits per heavy atom. The smallest absolute Gasteiger partial charge is 0.0992 e. The Hall–Kier alpha value is -3.64. The Balaban J connectivity index is 1.62. The van der Waals surface area contributed by atoms with Crippen LogP contribution >= 0.6 is 22.9 Å². The van der Waals surface area contributed by atoms with Crippen LogP contribution in [0.1, 0.15) is 5.56 Å². The second-order valence-corrected chi connectivity index (χ2v) is 9.65. The van der Waals surface area contributed by atoms with Crippen LogP contribution in [0.4, 0.5) is 0 Å². The first-order valence-corrected chi connectivity index (χ1v) is 11.6. The third-order valence-electron chi connectivity index (χ3n) is 6.53. The molecule has 1 nitrogen and oxygen atoms in total. The summed E-state index contributed by atoms with van der Waals surface area (Å²) in [5.41, 5.74) is 8.06. The van der Waals surface area contributed by atoms with Crippen LogP contribution in [-0.2, 0) is 0 Å². The molecule has 0 atom stereocenters. The minimum atomic E-state index is 0.691. The number of fused-ring (bicyclic) bond motifs is 6. The van der Waals surface area contributed by atoms with E-state index in [4.69, 9.17) is 11.6 Å². The van der Waals surface area contributed by atoms with E-state index in [9.17, 15) is 5.26 Å². The summed E-state index contributed by atoms with van der Waals surface area (Å²) in [4.78, 5) is 0. The Labute approximate surface area is 193 Å². The van der Waals surface area contributed by atoms with Crippen LogP contribution in [0.2, 0.25) is 5.02 Å². The number of thiophene rings is 1. The van der Waals surface area contributed by atoms with Crippen molar-refractivity contribution in [2.24, 2.45) is 0 Å². The van der Waals surface area contributed by atoms with Crippen molar-refractivity contribution in [2.45, 2.75) is 0 Å². The van der Waals surface area contributed by atoms with E-state index in [2.05, 4.69) is 72.8 Å². The summed E-state index contributed by atoms with van der Waals surface area (Å²) < 4.78 is 2.35. The zero-order chi connectivity index (χ0) is 21.4. The number of hydrogen-bond acceptors (Lipinski definition) is 2. The van der Waals surface area contributed by atoms with Gasteiger partial charge in [0.25, 0.3) is 0 Å². The van der Waals surface area contributed by atoms with Gasteiger partial charge in [-0.15, -0.1) is 11.3 Å². The SMILES string of the molecule is N#Cc1ccc2c(c1)sc1cccc(-c3ccc4c5c(ccc(Cl)c35)-c3ccccc3-4)c12. The van der Waals surface area contributed by atoms with Crippen molar-refractivity contribution in [3.63, 3.8) is 0 Å². The summed E-state index contributed by atoms with van der Waals surface area (Å²) in [5, 5.41) is 14.9. The monoisotopic (exact) mass is 443 g/mol. The van der Waals surface area contributed by atoms with E-state index in [0.717, 1.165) is 20.7 Å². The number of hydrogen-bond donors (Lipinski definition) is 0. The molecule has 1 aromatic heterocycles. The van der Waals surface area contributed by atoms with E-state index in [-0.39, 0.29) is 0 Å². The van der Waals surface area contributed by atoms with E-state index < -0.39 is 0 Å². The van der Waals surface area contributed by atoms with E-state index in [1.54, 1.807) is 11.3 Å². The number of nitriles is 1. The highest BCUT2D eigenvalue weighted by atomic mass is 35.5. The van der Waals surface area contributed by atoms with Crippen molar-refractivity contribution < 1.29 is 0 Å². The van der Waals surface area contributed by atoms with E-state index in [0.29, 0.717) is 5.56 Å². The number of halogens is 1. The molecule has 0 saturated heterocycles. The zero-order valence-corrected chi connectivity index (χ0v) is 18.4. The van der Waals surface area contributed by atoms with Crippen molar-refractivity contribution in [1.82, 2.24) is 0 Å². The highest BCUT2D eigenvalue weighted by Crippen LogP contribution is 2.52. The molecule has 0 bridgehead atoms. The lowest BCUT2D eigenvalue weighted by molar-refractivity contribution is 1.50. The number of nitrogens with zero attached hydrogens (tertiary/aromatic N) is 1. The maximum absolute atomic E-state index is 9.33. The van der Waals surface area contributed by atoms with Crippen LogP contribution in [0.25, 0.3) is 64.3 Å². The Morgan fingerprint density at radius 2 is 1.25 bits per heavy atom. The fourth-order valence-corrected chi connectivity index (χ4v) is 6.63. The highest BCUT2D eigenvalue weighted by Gasteiger charge is 2.24. The topological polar surface area (TPSA) is 23.8 Å². The maximum atomic E-state index is 9.33. The summed E-state index contributed by atoms with van der Waals surface area (Å²) in [6, 6.07) is 31.9. The normalized spacial score (nSPS) is 11.9. The van der Waals surface area contributed by atoms with E-state index in [1.165, 1.54) is 48.7 Å². The molecule has 148 valence electrons. The minimum Gasteiger partial charge on any atom is -0.192 e. The molecular weight excluding hydrogens is 430 g/mol. The molecule has 1 aliphatic rings. The van der Waals surface area contributed by atoms with Gasteiger partial charge in [-0.05, 0) is 63.0 Å². The minimum absolute atomic E-state index is 0.691. The molecule has 7 rings (SSSR count). The van der Waals surface area contributed by atoms with Gasteiger partial charge in [0.05, 0.1) is 11.6 Å². The molecule has 3 heteroatoms. The highest BCUT2D eigenvalue weighted by molar-refractivity contribution is 7.26. The Bertz CT molecular complexity index is 1770. The van der Waals surface area contributed by atoms with Gasteiger partial charge in [0.15, 0.2) is 0 Å². The van der Waals surface area contributed by atoms with Crippen molar-refractivity contribution in [1.29, 1.82) is 5.26 Å². The second kappa shape index (κ2) is 6.43. The van der Waals surface area contributed by atoms with Crippen molar-refractivity contribution >= 4 is 53.9 Å². The summed E-state index contributed by atoms with van der Waals surface area (Å²) >= 11 is 8.61. The molecule has 1 aliphatic carbocycles. The van der Waals surface area contributed by atoms with Gasteiger partial charge in [0, 0.05) is 30.6 Å². The third kappa shape index (κ3) is 2.27.